The summed E-state index contributed by atoms with van der Waals surface area (Å²) in [5, 5.41) is 0. The maximum Gasteiger partial charge on any atom is 0.217 e. The highest BCUT2D eigenvalue weighted by atomic mass is 35.5. The van der Waals surface area contributed by atoms with Crippen LogP contribution >= 0.6 is 24.8 Å². The van der Waals surface area contributed by atoms with Gasteiger partial charge in [0.15, 0.2) is 0 Å². The summed E-state index contributed by atoms with van der Waals surface area (Å²) in [5.41, 5.74) is 27.1. The molecule has 3 rings (SSSR count). The first-order valence-corrected chi connectivity index (χ1v) is 11.3. The molecule has 0 radical (unpaired) electrons. The van der Waals surface area contributed by atoms with Gasteiger partial charge in [-0.3, -0.25) is 0 Å². The fraction of sp³-hybridized carbons (Fsp3) is 0.231. The van der Waals surface area contributed by atoms with Crippen LogP contribution in [-0.4, -0.2) is 35.7 Å². The Morgan fingerprint density at radius 1 is 0.622 bits per heavy atom. The summed E-state index contributed by atoms with van der Waals surface area (Å²) in [7, 11) is 0. The first-order chi connectivity index (χ1) is 16.6. The number of hydrogen-bond donors (Lipinski definition) is 4. The average molecular weight is 546 g/mol. The highest BCUT2D eigenvalue weighted by Crippen LogP contribution is 2.29. The molecular weight excluding hydrogens is 511 g/mol. The van der Waals surface area contributed by atoms with Gasteiger partial charge in [-0.15, -0.1) is 24.8 Å². The van der Waals surface area contributed by atoms with Gasteiger partial charge >= 0.3 is 0 Å². The molecule has 1 aromatic heterocycles. The van der Waals surface area contributed by atoms with Crippen LogP contribution in [0.4, 0.5) is 0 Å². The number of aliphatic imine (C=N–C) groups is 4. The van der Waals surface area contributed by atoms with Crippen LogP contribution in [0.2, 0.25) is 0 Å². The van der Waals surface area contributed by atoms with Crippen molar-refractivity contribution in [1.29, 1.82) is 0 Å². The molecule has 0 bridgehead atoms. The third-order valence-electron chi connectivity index (χ3n) is 4.74. The number of halogens is 2. The Balaban J connectivity index is 0.00000342. The molecule has 0 spiro atoms. The van der Waals surface area contributed by atoms with Crippen LogP contribution in [0.25, 0.3) is 22.6 Å². The predicted molar refractivity (Wildman–Crippen MR) is 159 cm³/mol. The van der Waals surface area contributed by atoms with Crippen LogP contribution in [0.15, 0.2) is 85.1 Å². The summed E-state index contributed by atoms with van der Waals surface area (Å²) in [6.45, 7) is 7.67. The van der Waals surface area contributed by atoms with Crippen molar-refractivity contribution in [2.75, 3.05) is 0 Å². The lowest BCUT2D eigenvalue weighted by Crippen LogP contribution is -2.20. The van der Waals surface area contributed by atoms with Crippen LogP contribution in [0.1, 0.15) is 38.8 Å². The first kappa shape index (κ1) is 31.2. The van der Waals surface area contributed by atoms with E-state index in [9.17, 15) is 0 Å². The number of nitrogens with two attached hydrogens (primary N) is 4. The molecule has 37 heavy (non-hydrogen) atoms. The molecule has 0 unspecified atom stereocenters. The number of guanidine groups is 2. The summed E-state index contributed by atoms with van der Waals surface area (Å²) < 4.78 is 6.13. The molecule has 0 fully saturated rings. The molecule has 9 nitrogen and oxygen atoms in total. The molecule has 198 valence electrons. The largest absolute Gasteiger partial charge is 0.456 e. The van der Waals surface area contributed by atoms with E-state index < -0.39 is 0 Å². The molecule has 0 atom stereocenters. The zero-order valence-corrected chi connectivity index (χ0v) is 22.9. The van der Waals surface area contributed by atoms with E-state index in [1.54, 1.807) is 0 Å². The van der Waals surface area contributed by atoms with Gasteiger partial charge in [0, 0.05) is 34.3 Å². The zero-order chi connectivity index (χ0) is 25.5. The normalized spacial score (nSPS) is 12.9. The predicted octanol–water partition coefficient (Wildman–Crippen LogP) is 4.31. The second-order valence-electron chi connectivity index (χ2n) is 8.48. The number of hydrogen-bond acceptors (Lipinski definition) is 3. The number of furan rings is 1. The van der Waals surface area contributed by atoms with Crippen LogP contribution in [0, 0.1) is 0 Å². The van der Waals surface area contributed by atoms with E-state index in [1.807, 2.05) is 88.4 Å². The average Bonchev–Trinajstić information content (AvgIpc) is 3.28. The topological polar surface area (TPSA) is 167 Å². The van der Waals surface area contributed by atoms with E-state index in [-0.39, 0.29) is 60.5 Å². The molecule has 0 amide bonds. The van der Waals surface area contributed by atoms with Gasteiger partial charge in [-0.1, -0.05) is 36.4 Å². The lowest BCUT2D eigenvalue weighted by molar-refractivity contribution is 0.597. The van der Waals surface area contributed by atoms with Crippen molar-refractivity contribution in [2.45, 2.75) is 39.8 Å². The van der Waals surface area contributed by atoms with E-state index >= 15 is 0 Å². The zero-order valence-electron chi connectivity index (χ0n) is 21.3. The second-order valence-corrected chi connectivity index (χ2v) is 8.48. The minimum absolute atomic E-state index is 0. The van der Waals surface area contributed by atoms with E-state index in [0.717, 1.165) is 11.1 Å². The van der Waals surface area contributed by atoms with Gasteiger partial charge in [-0.25, -0.2) is 9.98 Å². The SMILES string of the molecule is CC(C)N=C(N)/N=C(\N)c1cccc(-c2ccc(-c3cccc(/C(N)=N/C(N)=NC(C)C)c3)o2)c1.Cl.Cl. The van der Waals surface area contributed by atoms with E-state index in [4.69, 9.17) is 27.4 Å². The lowest BCUT2D eigenvalue weighted by Gasteiger charge is -2.05. The maximum absolute atomic E-state index is 6.14. The molecule has 8 N–H and O–H groups in total. The minimum Gasteiger partial charge on any atom is -0.456 e. The number of rotatable bonds is 6. The molecule has 0 aliphatic heterocycles. The van der Waals surface area contributed by atoms with Crippen LogP contribution in [-0.2, 0) is 0 Å². The summed E-state index contributed by atoms with van der Waals surface area (Å²) in [5.74, 6) is 2.20. The van der Waals surface area contributed by atoms with E-state index in [2.05, 4.69) is 20.0 Å². The molecular formula is C26H34Cl2N8O. The fourth-order valence-corrected chi connectivity index (χ4v) is 3.27. The van der Waals surface area contributed by atoms with Gasteiger partial charge in [0.2, 0.25) is 11.9 Å². The Bertz CT molecular complexity index is 1210. The monoisotopic (exact) mass is 544 g/mol. The summed E-state index contributed by atoms with van der Waals surface area (Å²) in [6.07, 6.45) is 0. The van der Waals surface area contributed by atoms with Crippen molar-refractivity contribution in [3.05, 3.63) is 71.8 Å². The van der Waals surface area contributed by atoms with Crippen molar-refractivity contribution in [3.63, 3.8) is 0 Å². The Hall–Kier alpha value is -3.82. The Morgan fingerprint density at radius 2 is 1.00 bits per heavy atom. The Labute approximate surface area is 229 Å². The molecule has 2 aromatic carbocycles. The van der Waals surface area contributed by atoms with Gasteiger partial charge in [0.1, 0.15) is 23.2 Å². The quantitative estimate of drug-likeness (QED) is 0.267. The van der Waals surface area contributed by atoms with Crippen LogP contribution in [0.5, 0.6) is 0 Å². The van der Waals surface area contributed by atoms with Crippen molar-refractivity contribution >= 4 is 48.4 Å². The third kappa shape index (κ3) is 8.96. The van der Waals surface area contributed by atoms with Crippen molar-refractivity contribution in [2.24, 2.45) is 42.9 Å². The van der Waals surface area contributed by atoms with E-state index in [0.29, 0.717) is 22.6 Å². The van der Waals surface area contributed by atoms with Gasteiger partial charge in [-0.2, -0.15) is 9.98 Å². The maximum atomic E-state index is 6.14. The number of amidine groups is 2. The second kappa shape index (κ2) is 14.1. The standard InChI is InChI=1S/C26H32N8O.2ClH/c1-15(2)31-25(29)33-23(27)19-9-5-7-17(13-19)21-11-12-22(35-21)18-8-6-10-20(14-18)24(28)34-26(30)32-16(3)4;;/h5-16H,1-4H3,(H4,27,29,31,33)(H4,28,30,32,34);2*1H. The van der Waals surface area contributed by atoms with Crippen molar-refractivity contribution < 1.29 is 4.42 Å². The molecule has 0 aliphatic carbocycles. The van der Waals surface area contributed by atoms with Gasteiger partial charge in [-0.05, 0) is 52.0 Å². The summed E-state index contributed by atoms with van der Waals surface area (Å²) in [4.78, 5) is 16.7. The van der Waals surface area contributed by atoms with E-state index in [1.165, 1.54) is 0 Å². The Kier molecular flexibility index (Phi) is 11.9. The molecule has 11 heteroatoms. The van der Waals surface area contributed by atoms with Crippen LogP contribution in [0.3, 0.4) is 0 Å². The molecule has 0 saturated heterocycles. The van der Waals surface area contributed by atoms with Gasteiger partial charge in [0.25, 0.3) is 0 Å². The summed E-state index contributed by atoms with van der Waals surface area (Å²) in [6, 6.07) is 19.0. The number of nitrogens with zero attached hydrogens (tertiary/aromatic N) is 4. The fourth-order valence-electron chi connectivity index (χ4n) is 3.27. The molecule has 3 aromatic rings. The summed E-state index contributed by atoms with van der Waals surface area (Å²) >= 11 is 0. The smallest absolute Gasteiger partial charge is 0.217 e. The molecule has 1 heterocycles. The highest BCUT2D eigenvalue weighted by Gasteiger charge is 2.10. The minimum atomic E-state index is 0. The highest BCUT2D eigenvalue weighted by molar-refractivity contribution is 6.05. The van der Waals surface area contributed by atoms with Crippen molar-refractivity contribution in [1.82, 2.24) is 0 Å². The molecule has 0 saturated carbocycles. The molecule has 0 aliphatic rings. The Morgan fingerprint density at radius 3 is 1.35 bits per heavy atom. The first-order valence-electron chi connectivity index (χ1n) is 11.3. The third-order valence-corrected chi connectivity index (χ3v) is 4.74. The van der Waals surface area contributed by atoms with Gasteiger partial charge < -0.3 is 27.4 Å². The van der Waals surface area contributed by atoms with Gasteiger partial charge in [0.05, 0.1) is 0 Å². The van der Waals surface area contributed by atoms with Crippen LogP contribution < -0.4 is 22.9 Å². The van der Waals surface area contributed by atoms with Crippen molar-refractivity contribution in [3.8, 4) is 22.6 Å². The number of benzene rings is 2. The lowest BCUT2D eigenvalue weighted by atomic mass is 10.1.